The van der Waals surface area contributed by atoms with Crippen molar-refractivity contribution in [3.8, 4) is 0 Å². The smallest absolute Gasteiger partial charge is 0.870 e. The number of rotatable bonds is 32. The Hall–Kier alpha value is -7.70. The van der Waals surface area contributed by atoms with Crippen LogP contribution >= 0.6 is 0 Å². The number of likely N-dealkylation sites (tertiary alicyclic amines) is 2. The Morgan fingerprint density at radius 2 is 0.733 bits per heavy atom. The number of esters is 1. The summed E-state index contributed by atoms with van der Waals surface area (Å²) in [5.74, 6) is -5.54. The van der Waals surface area contributed by atoms with Crippen LogP contribution in [0.2, 0.25) is 0 Å². The number of nitrogens with two attached hydrogens (primary N) is 6. The van der Waals surface area contributed by atoms with E-state index in [-0.39, 0.29) is 124 Å². The molecule has 2 fully saturated rings. The first-order chi connectivity index (χ1) is 46.8. The molecule has 2 aliphatic rings. The molecular formula is C73H109N14NaO13. The van der Waals surface area contributed by atoms with Crippen LogP contribution in [0.15, 0.2) is 121 Å². The molecule has 6 rings (SSSR count). The van der Waals surface area contributed by atoms with Crippen LogP contribution in [0.3, 0.4) is 0 Å². The summed E-state index contributed by atoms with van der Waals surface area (Å²) in [6.07, 6.45) is 4.58. The summed E-state index contributed by atoms with van der Waals surface area (Å²) in [4.78, 5) is 137. The SMILES string of the molecule is CC(C)(C)[C@@H](NC(=O)[C@@H](Cc1ccccc1)NC(=O)[C@H](N)Cc1ccccc1)C(=O)N[C@H](CCCCN)C(=O)N1CCC(N)(C(=O)O)CC1.COC(=O)C1(N)CCN(C(=O)[C@@H](CCCCN)NC(=O)[C@H](NC(=O)[C@@H](Cc2ccccc2)NC(=O)[C@H](N)Cc2ccccc2)C(C)(C)C)CC1.[Na+].[OH-]. The number of carboxylic acid groups (broad SMARTS) is 1. The molecule has 101 heavy (non-hydrogen) atoms. The van der Waals surface area contributed by atoms with Crippen LogP contribution in [0.4, 0.5) is 0 Å². The number of hydrogen-bond donors (Lipinski definition) is 13. The average molecular weight is 1410 g/mol. The number of nitrogens with zero attached hydrogens (tertiary/aromatic N) is 2. The van der Waals surface area contributed by atoms with Gasteiger partial charge in [-0.3, -0.25) is 47.9 Å². The Bertz CT molecular complexity index is 3280. The van der Waals surface area contributed by atoms with Gasteiger partial charge in [0.1, 0.15) is 47.3 Å². The van der Waals surface area contributed by atoms with Gasteiger partial charge in [-0.2, -0.15) is 0 Å². The van der Waals surface area contributed by atoms with Crippen LogP contribution in [-0.4, -0.2) is 185 Å². The predicted molar refractivity (Wildman–Crippen MR) is 380 cm³/mol. The van der Waals surface area contributed by atoms with Crippen molar-refractivity contribution in [3.05, 3.63) is 144 Å². The van der Waals surface area contributed by atoms with Gasteiger partial charge in [0.25, 0.3) is 0 Å². The number of carboxylic acids is 1. The van der Waals surface area contributed by atoms with E-state index in [9.17, 15) is 53.1 Å². The van der Waals surface area contributed by atoms with Gasteiger partial charge >= 0.3 is 41.5 Å². The molecule has 20 N–H and O–H groups in total. The maximum absolute atomic E-state index is 14.0. The van der Waals surface area contributed by atoms with Crippen LogP contribution in [0.1, 0.15) is 128 Å². The number of unbranched alkanes of at least 4 members (excludes halogenated alkanes) is 2. The molecule has 8 amide bonds. The average Bonchev–Trinajstić information content (AvgIpc) is 0.819. The van der Waals surface area contributed by atoms with Crippen LogP contribution in [-0.2, 0) is 78.4 Å². The number of hydrogen-bond acceptors (Lipinski definition) is 18. The second-order valence-corrected chi connectivity index (χ2v) is 28.2. The maximum Gasteiger partial charge on any atom is 1.00 e. The molecular weight excluding hydrogens is 1300 g/mol. The molecule has 0 unspecified atom stereocenters. The summed E-state index contributed by atoms with van der Waals surface area (Å²) in [5.41, 5.74) is 35.4. The summed E-state index contributed by atoms with van der Waals surface area (Å²) in [5, 5.41) is 26.6. The van der Waals surface area contributed by atoms with Gasteiger partial charge in [0.15, 0.2) is 0 Å². The van der Waals surface area contributed by atoms with Crippen molar-refractivity contribution in [2.24, 2.45) is 45.2 Å². The van der Waals surface area contributed by atoms with Crippen molar-refractivity contribution in [1.82, 2.24) is 41.7 Å². The van der Waals surface area contributed by atoms with Crippen LogP contribution < -0.4 is 95.9 Å². The number of carbonyl (C=O) groups excluding carboxylic acids is 9. The molecule has 2 heterocycles. The van der Waals surface area contributed by atoms with Gasteiger partial charge in [0.2, 0.25) is 47.3 Å². The van der Waals surface area contributed by atoms with Gasteiger partial charge < -0.3 is 91.4 Å². The van der Waals surface area contributed by atoms with E-state index >= 15 is 0 Å². The molecule has 0 radical (unpaired) electrons. The van der Waals surface area contributed by atoms with Gasteiger partial charge in [-0.25, -0.2) is 0 Å². The zero-order valence-corrected chi connectivity index (χ0v) is 62.1. The molecule has 4 aromatic rings. The summed E-state index contributed by atoms with van der Waals surface area (Å²) in [6, 6.07) is 29.2. The number of benzene rings is 4. The normalized spacial score (nSPS) is 16.4. The van der Waals surface area contributed by atoms with Gasteiger partial charge in [0.05, 0.1) is 19.2 Å². The molecule has 0 aromatic heterocycles. The van der Waals surface area contributed by atoms with Crippen molar-refractivity contribution in [2.45, 2.75) is 191 Å². The third kappa shape index (κ3) is 27.9. The van der Waals surface area contributed by atoms with E-state index in [4.69, 9.17) is 39.1 Å². The van der Waals surface area contributed by atoms with Crippen molar-refractivity contribution in [2.75, 3.05) is 46.4 Å². The molecule has 28 heteroatoms. The minimum absolute atomic E-state index is 0. The van der Waals surface area contributed by atoms with E-state index in [0.717, 1.165) is 22.3 Å². The van der Waals surface area contributed by atoms with Crippen molar-refractivity contribution in [3.63, 3.8) is 0 Å². The van der Waals surface area contributed by atoms with Gasteiger partial charge in [0, 0.05) is 39.0 Å². The van der Waals surface area contributed by atoms with E-state index in [1.807, 2.05) is 142 Å². The van der Waals surface area contributed by atoms with E-state index in [1.54, 1.807) is 25.7 Å². The summed E-state index contributed by atoms with van der Waals surface area (Å²) >= 11 is 0. The van der Waals surface area contributed by atoms with Gasteiger partial charge in [-0.1, -0.05) is 163 Å². The molecule has 8 atom stereocenters. The number of ether oxygens (including phenoxy) is 1. The zero-order chi connectivity index (χ0) is 73.1. The van der Waals surface area contributed by atoms with Crippen LogP contribution in [0, 0.1) is 10.8 Å². The Labute approximate surface area is 616 Å². The monoisotopic (exact) mass is 1410 g/mol. The van der Waals surface area contributed by atoms with Crippen LogP contribution in [0.5, 0.6) is 0 Å². The topological polar surface area (TPSA) is 465 Å². The van der Waals surface area contributed by atoms with Crippen molar-refractivity contribution < 1.29 is 92.8 Å². The summed E-state index contributed by atoms with van der Waals surface area (Å²) < 4.78 is 4.85. The molecule has 0 saturated carbocycles. The number of methoxy groups -OCH3 is 1. The summed E-state index contributed by atoms with van der Waals surface area (Å²) in [7, 11) is 1.28. The van der Waals surface area contributed by atoms with Gasteiger partial charge in [-0.15, -0.1) is 0 Å². The zero-order valence-electron chi connectivity index (χ0n) is 60.1. The van der Waals surface area contributed by atoms with Crippen molar-refractivity contribution >= 4 is 59.2 Å². The molecule has 2 aliphatic heterocycles. The Morgan fingerprint density at radius 3 is 1.01 bits per heavy atom. The Kier molecular flexibility index (Phi) is 36.4. The fourth-order valence-corrected chi connectivity index (χ4v) is 11.8. The first kappa shape index (κ1) is 87.5. The third-order valence-electron chi connectivity index (χ3n) is 18.0. The molecule has 0 spiro atoms. The number of carbonyl (C=O) groups is 10. The van der Waals surface area contributed by atoms with E-state index in [0.29, 0.717) is 51.6 Å². The molecule has 550 valence electrons. The Morgan fingerprint density at radius 1 is 0.446 bits per heavy atom. The molecule has 2 saturated heterocycles. The molecule has 4 aromatic carbocycles. The molecule has 0 bridgehead atoms. The minimum Gasteiger partial charge on any atom is -0.870 e. The predicted octanol–water partition coefficient (Wildman–Crippen LogP) is -1.42. The molecule has 0 aliphatic carbocycles. The quantitative estimate of drug-likeness (QED) is 0.0152. The van der Waals surface area contributed by atoms with E-state index in [2.05, 4.69) is 31.9 Å². The Balaban J connectivity index is 0.000000515. The number of aliphatic carboxylic acids is 1. The summed E-state index contributed by atoms with van der Waals surface area (Å²) in [6.45, 7) is 12.4. The largest absolute Gasteiger partial charge is 1.00 e. The fourth-order valence-electron chi connectivity index (χ4n) is 11.8. The standard InChI is InChI=1S/C37H55N7O6.C36H53N7O6.Na.H2O/c1-36(2,3)30(33(47)41-28(17-11-12-20-38)34(48)44-21-18-37(40,19-22-44)35(49)50-4)43-32(46)29(24-26-15-9-6-10-16-26)42-31(45)27(39)23-25-13-7-5-8-14-25;1-35(2,3)29(32(46)40-27(16-10-11-19-37)33(47)43-20-17-36(39,18-21-43)34(48)49)42-31(45)28(23-25-14-8-5-9-15-25)41-30(44)26(38)22-24-12-6-4-7-13-24;;/h5-10,13-16,27-30H,11-12,17-24,38-40H2,1-4H3,(H,41,47)(H,42,45)(H,43,46);4-9,12-15,26-29H,10-11,16-23,37-39H2,1-3H3,(H,40,46)(H,41,44)(H,42,45)(H,48,49);;1H2/q;;+1;/p-1/t27-,28-,29-,30+;26-,27-,28-,29+;;/m11../s1. The first-order valence-electron chi connectivity index (χ1n) is 34.2. The molecule has 27 nitrogen and oxygen atoms in total. The van der Waals surface area contributed by atoms with Crippen LogP contribution in [0.25, 0.3) is 0 Å². The van der Waals surface area contributed by atoms with Gasteiger partial charge in [-0.05, 0) is 123 Å². The number of amides is 8. The first-order valence-corrected chi connectivity index (χ1v) is 34.2. The van der Waals surface area contributed by atoms with E-state index < -0.39 is 118 Å². The third-order valence-corrected chi connectivity index (χ3v) is 18.0. The number of nitrogens with one attached hydrogen (secondary N) is 6. The maximum atomic E-state index is 14.0. The van der Waals surface area contributed by atoms with Crippen molar-refractivity contribution in [1.29, 1.82) is 0 Å². The second kappa shape index (κ2) is 42.0. The minimum atomic E-state index is -1.41. The fraction of sp³-hybridized carbons (Fsp3) is 0.534. The van der Waals surface area contributed by atoms with E-state index in [1.165, 1.54) is 12.0 Å². The second-order valence-electron chi connectivity index (χ2n) is 28.2. The number of piperidine rings is 2.